The van der Waals surface area contributed by atoms with Crippen molar-refractivity contribution >= 4 is 5.97 Å². The van der Waals surface area contributed by atoms with Crippen LogP contribution in [0.5, 0.6) is 0 Å². The van der Waals surface area contributed by atoms with Gasteiger partial charge in [0.25, 0.3) is 0 Å². The molecule has 0 amide bonds. The molecule has 0 aromatic carbocycles. The van der Waals surface area contributed by atoms with Crippen LogP contribution in [-0.2, 0) is 4.79 Å². The Morgan fingerprint density at radius 3 is 2.36 bits per heavy atom. The standard InChI is InChI=1S/C8H15NO2/c1-4-5-7(8(10)11)6-9(2)3/h5H,4,6H2,1-3H3,(H,10,11). The van der Waals surface area contributed by atoms with Crippen molar-refractivity contribution in [3.05, 3.63) is 11.6 Å². The minimum atomic E-state index is -0.819. The highest BCUT2D eigenvalue weighted by Gasteiger charge is 2.06. The van der Waals surface area contributed by atoms with Crippen LogP contribution in [0.15, 0.2) is 11.6 Å². The Labute approximate surface area is 67.3 Å². The SMILES string of the molecule is CCC=C(CN(C)C)C(=O)O. The zero-order valence-corrected chi connectivity index (χ0v) is 7.29. The highest BCUT2D eigenvalue weighted by atomic mass is 16.4. The number of rotatable bonds is 4. The minimum absolute atomic E-state index is 0.470. The average Bonchev–Trinajstić information content (AvgIpc) is 1.86. The fraction of sp³-hybridized carbons (Fsp3) is 0.625. The van der Waals surface area contributed by atoms with Crippen LogP contribution in [0, 0.1) is 0 Å². The summed E-state index contributed by atoms with van der Waals surface area (Å²) in [5.74, 6) is -0.819. The average molecular weight is 157 g/mol. The van der Waals surface area contributed by atoms with Gasteiger partial charge in [-0.3, -0.25) is 0 Å². The normalized spacial score (nSPS) is 12.2. The summed E-state index contributed by atoms with van der Waals surface area (Å²) in [5, 5.41) is 8.66. The molecule has 0 radical (unpaired) electrons. The number of carboxylic acid groups (broad SMARTS) is 1. The van der Waals surface area contributed by atoms with Gasteiger partial charge in [-0.2, -0.15) is 0 Å². The summed E-state index contributed by atoms with van der Waals surface area (Å²) in [5.41, 5.74) is 0.470. The van der Waals surface area contributed by atoms with Gasteiger partial charge in [0.1, 0.15) is 0 Å². The van der Waals surface area contributed by atoms with Crippen molar-refractivity contribution in [2.75, 3.05) is 20.6 Å². The predicted molar refractivity (Wildman–Crippen MR) is 44.6 cm³/mol. The van der Waals surface area contributed by atoms with Crippen molar-refractivity contribution in [1.82, 2.24) is 4.90 Å². The first-order chi connectivity index (χ1) is 5.07. The maximum atomic E-state index is 10.5. The molecule has 0 fully saturated rings. The van der Waals surface area contributed by atoms with E-state index in [-0.39, 0.29) is 0 Å². The van der Waals surface area contributed by atoms with Gasteiger partial charge < -0.3 is 10.0 Å². The van der Waals surface area contributed by atoms with E-state index in [2.05, 4.69) is 0 Å². The van der Waals surface area contributed by atoms with Gasteiger partial charge in [-0.15, -0.1) is 0 Å². The van der Waals surface area contributed by atoms with E-state index in [1.165, 1.54) is 0 Å². The maximum Gasteiger partial charge on any atom is 0.332 e. The van der Waals surface area contributed by atoms with Crippen LogP contribution >= 0.6 is 0 Å². The van der Waals surface area contributed by atoms with Gasteiger partial charge in [0, 0.05) is 12.1 Å². The zero-order valence-electron chi connectivity index (χ0n) is 7.29. The molecule has 0 aliphatic heterocycles. The summed E-state index contributed by atoms with van der Waals surface area (Å²) >= 11 is 0. The Morgan fingerprint density at radius 1 is 1.55 bits per heavy atom. The highest BCUT2D eigenvalue weighted by molar-refractivity contribution is 5.86. The molecule has 64 valence electrons. The van der Waals surface area contributed by atoms with E-state index in [1.807, 2.05) is 25.9 Å². The Kier molecular flexibility index (Phi) is 4.54. The molecule has 0 rings (SSSR count). The van der Waals surface area contributed by atoms with E-state index in [1.54, 1.807) is 6.08 Å². The molecule has 0 unspecified atom stereocenters. The monoisotopic (exact) mass is 157 g/mol. The molecule has 0 aliphatic rings. The van der Waals surface area contributed by atoms with Gasteiger partial charge in [-0.05, 0) is 20.5 Å². The second kappa shape index (κ2) is 4.91. The van der Waals surface area contributed by atoms with Crippen LogP contribution < -0.4 is 0 Å². The van der Waals surface area contributed by atoms with E-state index >= 15 is 0 Å². The quantitative estimate of drug-likeness (QED) is 0.618. The Morgan fingerprint density at radius 2 is 2.09 bits per heavy atom. The summed E-state index contributed by atoms with van der Waals surface area (Å²) in [6, 6.07) is 0. The largest absolute Gasteiger partial charge is 0.478 e. The van der Waals surface area contributed by atoms with Gasteiger partial charge >= 0.3 is 5.97 Å². The van der Waals surface area contributed by atoms with Gasteiger partial charge in [0.15, 0.2) is 0 Å². The number of nitrogens with zero attached hydrogens (tertiary/aromatic N) is 1. The molecule has 0 saturated carbocycles. The van der Waals surface area contributed by atoms with Crippen LogP contribution in [-0.4, -0.2) is 36.6 Å². The highest BCUT2D eigenvalue weighted by Crippen LogP contribution is 1.98. The molecule has 0 atom stereocenters. The molecule has 0 heterocycles. The third-order valence-corrected chi connectivity index (χ3v) is 1.21. The Balaban J connectivity index is 4.12. The van der Waals surface area contributed by atoms with Crippen molar-refractivity contribution in [3.8, 4) is 0 Å². The predicted octanol–water partition coefficient (Wildman–Crippen LogP) is 0.969. The van der Waals surface area contributed by atoms with E-state index in [4.69, 9.17) is 5.11 Å². The first-order valence-corrected chi connectivity index (χ1v) is 3.65. The van der Waals surface area contributed by atoms with Crippen LogP contribution in [0.4, 0.5) is 0 Å². The molecule has 0 aliphatic carbocycles. The summed E-state index contributed by atoms with van der Waals surface area (Å²) < 4.78 is 0. The lowest BCUT2D eigenvalue weighted by molar-refractivity contribution is -0.132. The molecular formula is C8H15NO2. The van der Waals surface area contributed by atoms with E-state index in [9.17, 15) is 4.79 Å². The molecule has 0 saturated heterocycles. The number of hydrogen-bond donors (Lipinski definition) is 1. The first kappa shape index (κ1) is 10.2. The van der Waals surface area contributed by atoms with Crippen molar-refractivity contribution in [3.63, 3.8) is 0 Å². The van der Waals surface area contributed by atoms with Crippen molar-refractivity contribution in [1.29, 1.82) is 0 Å². The van der Waals surface area contributed by atoms with Crippen LogP contribution in [0.2, 0.25) is 0 Å². The van der Waals surface area contributed by atoms with E-state index < -0.39 is 5.97 Å². The zero-order chi connectivity index (χ0) is 8.85. The first-order valence-electron chi connectivity index (χ1n) is 3.65. The Bertz CT molecular complexity index is 161. The lowest BCUT2D eigenvalue weighted by atomic mass is 10.2. The fourth-order valence-corrected chi connectivity index (χ4v) is 0.807. The molecule has 0 aromatic heterocycles. The van der Waals surface area contributed by atoms with E-state index in [0.29, 0.717) is 12.1 Å². The molecule has 11 heavy (non-hydrogen) atoms. The number of likely N-dealkylation sites (N-methyl/N-ethyl adjacent to an activating group) is 1. The molecule has 3 nitrogen and oxygen atoms in total. The third-order valence-electron chi connectivity index (χ3n) is 1.21. The maximum absolute atomic E-state index is 10.5. The van der Waals surface area contributed by atoms with Crippen molar-refractivity contribution in [2.24, 2.45) is 0 Å². The van der Waals surface area contributed by atoms with Crippen LogP contribution in [0.25, 0.3) is 0 Å². The molecule has 1 N–H and O–H groups in total. The van der Waals surface area contributed by atoms with Crippen LogP contribution in [0.1, 0.15) is 13.3 Å². The Hall–Kier alpha value is -0.830. The van der Waals surface area contributed by atoms with Crippen molar-refractivity contribution < 1.29 is 9.90 Å². The lowest BCUT2D eigenvalue weighted by Crippen LogP contribution is -2.19. The molecule has 0 aromatic rings. The number of carbonyl (C=O) groups is 1. The topological polar surface area (TPSA) is 40.5 Å². The fourth-order valence-electron chi connectivity index (χ4n) is 0.807. The van der Waals surface area contributed by atoms with Gasteiger partial charge in [-0.1, -0.05) is 13.0 Å². The summed E-state index contributed by atoms with van der Waals surface area (Å²) in [6.45, 7) is 2.43. The van der Waals surface area contributed by atoms with Gasteiger partial charge in [0.2, 0.25) is 0 Å². The number of carboxylic acids is 1. The summed E-state index contributed by atoms with van der Waals surface area (Å²) in [7, 11) is 3.71. The number of aliphatic carboxylic acids is 1. The second-order valence-corrected chi connectivity index (χ2v) is 2.68. The third kappa shape index (κ3) is 4.56. The number of hydrogen-bond acceptors (Lipinski definition) is 2. The van der Waals surface area contributed by atoms with Crippen LogP contribution in [0.3, 0.4) is 0 Å². The number of allylic oxidation sites excluding steroid dienone is 1. The minimum Gasteiger partial charge on any atom is -0.478 e. The molecule has 0 spiro atoms. The van der Waals surface area contributed by atoms with E-state index in [0.717, 1.165) is 6.42 Å². The smallest absolute Gasteiger partial charge is 0.332 e. The lowest BCUT2D eigenvalue weighted by Gasteiger charge is -2.09. The summed E-state index contributed by atoms with van der Waals surface area (Å²) in [4.78, 5) is 12.4. The van der Waals surface area contributed by atoms with Gasteiger partial charge in [0.05, 0.1) is 0 Å². The second-order valence-electron chi connectivity index (χ2n) is 2.68. The van der Waals surface area contributed by atoms with Crippen molar-refractivity contribution in [2.45, 2.75) is 13.3 Å². The van der Waals surface area contributed by atoms with Gasteiger partial charge in [-0.25, -0.2) is 4.79 Å². The molecule has 3 heteroatoms. The molecule has 0 bridgehead atoms. The molecular weight excluding hydrogens is 142 g/mol. The summed E-state index contributed by atoms with van der Waals surface area (Å²) in [6.07, 6.45) is 2.51.